The van der Waals surface area contributed by atoms with Gasteiger partial charge >= 0.3 is 0 Å². The van der Waals surface area contributed by atoms with E-state index in [1.54, 1.807) is 0 Å². The van der Waals surface area contributed by atoms with Crippen LogP contribution in [0, 0.1) is 0 Å². The van der Waals surface area contributed by atoms with E-state index in [0.717, 1.165) is 19.5 Å². The number of aryl methyl sites for hydroxylation is 1. The Morgan fingerprint density at radius 2 is 1.87 bits per heavy atom. The predicted molar refractivity (Wildman–Crippen MR) is 67.4 cm³/mol. The van der Waals surface area contributed by atoms with E-state index in [-0.39, 0.29) is 0 Å². The number of anilines is 1. The quantitative estimate of drug-likeness (QED) is 0.699. The van der Waals surface area contributed by atoms with E-state index >= 15 is 0 Å². The van der Waals surface area contributed by atoms with Gasteiger partial charge in [0.15, 0.2) is 0 Å². The highest BCUT2D eigenvalue weighted by molar-refractivity contribution is 5.50. The molecule has 2 nitrogen and oxygen atoms in total. The summed E-state index contributed by atoms with van der Waals surface area (Å²) in [6, 6.07) is 9.06. The molecule has 15 heavy (non-hydrogen) atoms. The second-order valence-corrected chi connectivity index (χ2v) is 4.05. The van der Waals surface area contributed by atoms with Crippen LogP contribution in [0.1, 0.15) is 26.3 Å². The van der Waals surface area contributed by atoms with Crippen molar-refractivity contribution in [3.8, 4) is 0 Å². The van der Waals surface area contributed by atoms with Crippen LogP contribution in [0.3, 0.4) is 0 Å². The van der Waals surface area contributed by atoms with Crippen molar-refractivity contribution in [2.24, 2.45) is 0 Å². The maximum atomic E-state index is 3.46. The van der Waals surface area contributed by atoms with Crippen LogP contribution < -0.4 is 10.6 Å². The fourth-order valence-corrected chi connectivity index (χ4v) is 1.56. The minimum absolute atomic E-state index is 0.563. The smallest absolute Gasteiger partial charge is 0.0373 e. The Kier molecular flexibility index (Phi) is 5.19. The highest BCUT2D eigenvalue weighted by Crippen LogP contribution is 2.14. The van der Waals surface area contributed by atoms with E-state index < -0.39 is 0 Å². The molecule has 1 aromatic carbocycles. The lowest BCUT2D eigenvalue weighted by molar-refractivity contribution is 0.602. The van der Waals surface area contributed by atoms with Crippen LogP contribution in [0.5, 0.6) is 0 Å². The van der Waals surface area contributed by atoms with E-state index in [4.69, 9.17) is 0 Å². The zero-order chi connectivity index (χ0) is 11.1. The Balaban J connectivity index is 2.36. The second kappa shape index (κ2) is 6.46. The highest BCUT2D eigenvalue weighted by Gasteiger charge is 1.98. The molecular weight excluding hydrogens is 184 g/mol. The van der Waals surface area contributed by atoms with Gasteiger partial charge in [-0.05, 0) is 18.1 Å². The van der Waals surface area contributed by atoms with Crippen molar-refractivity contribution in [3.63, 3.8) is 0 Å². The first kappa shape index (κ1) is 12.1. The highest BCUT2D eigenvalue weighted by atomic mass is 15.0. The third-order valence-electron chi connectivity index (χ3n) is 2.39. The molecule has 0 bridgehead atoms. The van der Waals surface area contributed by atoms with Crippen LogP contribution in [0.15, 0.2) is 24.3 Å². The molecule has 0 radical (unpaired) electrons. The first-order valence-corrected chi connectivity index (χ1v) is 5.79. The van der Waals surface area contributed by atoms with Crippen LogP contribution in [0.2, 0.25) is 0 Å². The molecule has 0 heterocycles. The summed E-state index contributed by atoms with van der Waals surface area (Å²) in [6.45, 7) is 8.51. The number of hydrogen-bond acceptors (Lipinski definition) is 2. The summed E-state index contributed by atoms with van der Waals surface area (Å²) in [5.74, 6) is 0. The molecule has 2 N–H and O–H groups in total. The van der Waals surface area contributed by atoms with Gasteiger partial charge in [-0.1, -0.05) is 39.0 Å². The van der Waals surface area contributed by atoms with Crippen molar-refractivity contribution in [2.75, 3.05) is 18.4 Å². The lowest BCUT2D eigenvalue weighted by atomic mass is 10.1. The second-order valence-electron chi connectivity index (χ2n) is 4.05. The van der Waals surface area contributed by atoms with E-state index in [0.29, 0.717) is 6.04 Å². The molecule has 0 saturated heterocycles. The Labute approximate surface area is 93.1 Å². The molecule has 0 aromatic heterocycles. The molecule has 0 fully saturated rings. The minimum atomic E-state index is 0.563. The van der Waals surface area contributed by atoms with E-state index in [1.165, 1.54) is 11.3 Å². The lowest BCUT2D eigenvalue weighted by Gasteiger charge is -2.12. The summed E-state index contributed by atoms with van der Waals surface area (Å²) in [4.78, 5) is 0. The normalized spacial score (nSPS) is 10.7. The predicted octanol–water partition coefficient (Wildman–Crippen LogP) is 2.66. The third-order valence-corrected chi connectivity index (χ3v) is 2.39. The molecular formula is C13H22N2. The van der Waals surface area contributed by atoms with Crippen LogP contribution in [0.25, 0.3) is 0 Å². The SMILES string of the molecule is CCc1ccccc1NCCNC(C)C. The van der Waals surface area contributed by atoms with Gasteiger partial charge in [0.1, 0.15) is 0 Å². The number of rotatable bonds is 6. The van der Waals surface area contributed by atoms with Gasteiger partial charge in [0.25, 0.3) is 0 Å². The minimum Gasteiger partial charge on any atom is -0.384 e. The first-order valence-electron chi connectivity index (χ1n) is 5.79. The van der Waals surface area contributed by atoms with Crippen LogP contribution >= 0.6 is 0 Å². The Hall–Kier alpha value is -1.02. The Bertz CT molecular complexity index is 282. The average molecular weight is 206 g/mol. The fourth-order valence-electron chi connectivity index (χ4n) is 1.56. The summed E-state index contributed by atoms with van der Waals surface area (Å²) in [5, 5.41) is 6.85. The molecule has 1 aromatic rings. The monoisotopic (exact) mass is 206 g/mol. The van der Waals surface area contributed by atoms with Crippen LogP contribution in [0.4, 0.5) is 5.69 Å². The fraction of sp³-hybridized carbons (Fsp3) is 0.538. The van der Waals surface area contributed by atoms with Crippen molar-refractivity contribution in [1.82, 2.24) is 5.32 Å². The van der Waals surface area contributed by atoms with Gasteiger partial charge in [-0.3, -0.25) is 0 Å². The molecule has 0 aliphatic rings. The van der Waals surface area contributed by atoms with E-state index in [2.05, 4.69) is 55.7 Å². The van der Waals surface area contributed by atoms with Gasteiger partial charge in [-0.15, -0.1) is 0 Å². The van der Waals surface area contributed by atoms with Crippen molar-refractivity contribution in [2.45, 2.75) is 33.2 Å². The summed E-state index contributed by atoms with van der Waals surface area (Å²) >= 11 is 0. The molecule has 0 spiro atoms. The number of hydrogen-bond donors (Lipinski definition) is 2. The lowest BCUT2D eigenvalue weighted by Crippen LogP contribution is -2.28. The zero-order valence-electron chi connectivity index (χ0n) is 10.0. The summed E-state index contributed by atoms with van der Waals surface area (Å²) < 4.78 is 0. The first-order chi connectivity index (χ1) is 7.24. The summed E-state index contributed by atoms with van der Waals surface area (Å²) in [5.41, 5.74) is 2.66. The van der Waals surface area contributed by atoms with E-state index in [1.807, 2.05) is 0 Å². The van der Waals surface area contributed by atoms with Crippen molar-refractivity contribution >= 4 is 5.69 Å². The van der Waals surface area contributed by atoms with Crippen molar-refractivity contribution < 1.29 is 0 Å². The molecule has 1 rings (SSSR count). The average Bonchev–Trinajstić information content (AvgIpc) is 2.24. The maximum Gasteiger partial charge on any atom is 0.0373 e. The molecule has 0 aliphatic heterocycles. The van der Waals surface area contributed by atoms with E-state index in [9.17, 15) is 0 Å². The summed E-state index contributed by atoms with van der Waals surface area (Å²) in [7, 11) is 0. The van der Waals surface area contributed by atoms with Crippen LogP contribution in [-0.2, 0) is 6.42 Å². The topological polar surface area (TPSA) is 24.1 Å². The Morgan fingerprint density at radius 1 is 1.13 bits per heavy atom. The van der Waals surface area contributed by atoms with Gasteiger partial charge in [-0.25, -0.2) is 0 Å². The molecule has 84 valence electrons. The largest absolute Gasteiger partial charge is 0.384 e. The molecule has 0 atom stereocenters. The van der Waals surface area contributed by atoms with Crippen LogP contribution in [-0.4, -0.2) is 19.1 Å². The number of para-hydroxylation sites is 1. The van der Waals surface area contributed by atoms with Gasteiger partial charge in [0.2, 0.25) is 0 Å². The van der Waals surface area contributed by atoms with Gasteiger partial charge in [0, 0.05) is 24.8 Å². The molecule has 0 amide bonds. The molecule has 0 unspecified atom stereocenters. The zero-order valence-corrected chi connectivity index (χ0v) is 10.0. The molecule has 2 heteroatoms. The third kappa shape index (κ3) is 4.34. The summed E-state index contributed by atoms with van der Waals surface area (Å²) in [6.07, 6.45) is 1.08. The van der Waals surface area contributed by atoms with Gasteiger partial charge in [-0.2, -0.15) is 0 Å². The standard InChI is InChI=1S/C13H22N2/c1-4-12-7-5-6-8-13(12)15-10-9-14-11(2)3/h5-8,11,14-15H,4,9-10H2,1-3H3. The van der Waals surface area contributed by atoms with Gasteiger partial charge < -0.3 is 10.6 Å². The van der Waals surface area contributed by atoms with Gasteiger partial charge in [0.05, 0.1) is 0 Å². The van der Waals surface area contributed by atoms with Crippen molar-refractivity contribution in [3.05, 3.63) is 29.8 Å². The van der Waals surface area contributed by atoms with Crippen molar-refractivity contribution in [1.29, 1.82) is 0 Å². The Morgan fingerprint density at radius 3 is 2.53 bits per heavy atom. The number of nitrogens with one attached hydrogen (secondary N) is 2. The maximum absolute atomic E-state index is 3.46. The number of benzene rings is 1. The molecule has 0 aliphatic carbocycles. The molecule has 0 saturated carbocycles.